The summed E-state index contributed by atoms with van der Waals surface area (Å²) in [5.41, 5.74) is 5.08. The maximum atomic E-state index is 4.83. The van der Waals surface area contributed by atoms with Gasteiger partial charge in [-0.05, 0) is 11.6 Å². The Labute approximate surface area is 152 Å². The molecule has 0 spiro atoms. The van der Waals surface area contributed by atoms with Gasteiger partial charge in [-0.2, -0.15) is 0 Å². The van der Waals surface area contributed by atoms with E-state index >= 15 is 0 Å². The van der Waals surface area contributed by atoms with Crippen LogP contribution in [0.1, 0.15) is 31.9 Å². The Morgan fingerprint density at radius 1 is 0.875 bits per heavy atom. The normalized spacial score (nSPS) is 13.8. The average Bonchev–Trinajstić information content (AvgIpc) is 2.54. The molecular formula is C18H28B5N. The van der Waals surface area contributed by atoms with Crippen LogP contribution in [-0.4, -0.2) is 44.2 Å². The van der Waals surface area contributed by atoms with Crippen molar-refractivity contribution in [3.05, 3.63) is 53.7 Å². The summed E-state index contributed by atoms with van der Waals surface area (Å²) in [6.45, 7) is 6.93. The molecule has 1 atom stereocenters. The average molecular weight is 312 g/mol. The highest BCUT2D eigenvalue weighted by Crippen LogP contribution is 2.38. The smallest absolute Gasteiger partial charge is 0.105 e. The molecule has 0 bridgehead atoms. The maximum Gasteiger partial charge on any atom is 0.105 e. The fraction of sp³-hybridized carbons (Fsp3) is 0.389. The first-order valence-electron chi connectivity index (χ1n) is 9.15. The highest BCUT2D eigenvalue weighted by Gasteiger charge is 2.34. The van der Waals surface area contributed by atoms with Crippen molar-refractivity contribution in [2.45, 2.75) is 37.0 Å². The van der Waals surface area contributed by atoms with Crippen LogP contribution < -0.4 is 0 Å². The Morgan fingerprint density at radius 2 is 1.46 bits per heavy atom. The molecule has 2 aromatic rings. The van der Waals surface area contributed by atoms with Crippen molar-refractivity contribution in [2.24, 2.45) is 5.92 Å². The monoisotopic (exact) mass is 313 g/mol. The molecule has 0 N–H and O–H groups in total. The third-order valence-corrected chi connectivity index (χ3v) is 6.25. The Morgan fingerprint density at radius 3 is 1.96 bits per heavy atom. The lowest BCUT2D eigenvalue weighted by atomic mass is 9.38. The zero-order valence-corrected chi connectivity index (χ0v) is 16.6. The summed E-state index contributed by atoms with van der Waals surface area (Å²) in [5.74, 6) is 1.12. The predicted molar refractivity (Wildman–Crippen MR) is 120 cm³/mol. The third kappa shape index (κ3) is 3.53. The van der Waals surface area contributed by atoms with Gasteiger partial charge in [0.05, 0.1) is 5.69 Å². The molecule has 1 unspecified atom stereocenters. The van der Waals surface area contributed by atoms with Crippen LogP contribution in [0.5, 0.6) is 0 Å². The lowest BCUT2D eigenvalue weighted by molar-refractivity contribution is 0.561. The molecule has 1 nitrogen and oxygen atoms in total. The molecule has 2 rings (SSSR count). The zero-order valence-electron chi connectivity index (χ0n) is 16.6. The molecule has 0 saturated heterocycles. The number of hydrogen-bond donors (Lipinski definition) is 0. The van der Waals surface area contributed by atoms with E-state index < -0.39 is 0 Å². The molecule has 0 aliphatic heterocycles. The van der Waals surface area contributed by atoms with Crippen LogP contribution in [-0.2, 0) is 10.4 Å². The summed E-state index contributed by atoms with van der Waals surface area (Å²) in [5, 5.41) is 0.206. The first-order chi connectivity index (χ1) is 11.1. The summed E-state index contributed by atoms with van der Waals surface area (Å²) in [6, 6.07) is 12.8. The van der Waals surface area contributed by atoms with E-state index in [1.54, 1.807) is 0 Å². The third-order valence-electron chi connectivity index (χ3n) is 6.25. The second kappa shape index (κ2) is 6.90. The van der Waals surface area contributed by atoms with Gasteiger partial charge in [0.2, 0.25) is 0 Å². The van der Waals surface area contributed by atoms with Crippen LogP contribution in [0.25, 0.3) is 11.3 Å². The molecule has 24 heavy (non-hydrogen) atoms. The summed E-state index contributed by atoms with van der Waals surface area (Å²) in [4.78, 5) is 4.83. The first-order valence-corrected chi connectivity index (χ1v) is 9.15. The summed E-state index contributed by atoms with van der Waals surface area (Å²) in [6.07, 6.45) is 2.13. The Hall–Kier alpha value is -1.31. The van der Waals surface area contributed by atoms with Gasteiger partial charge >= 0.3 is 0 Å². The standard InChI is InChI=1S/C18H28B5N/c1-11(2)17(20,21)14-9-16(13-7-5-4-6-8-13)24-10-15(14)18(22,23)12(3)19/h4-12H,19-23H2,1-3H3. The van der Waals surface area contributed by atoms with Crippen molar-refractivity contribution in [1.29, 1.82) is 0 Å². The van der Waals surface area contributed by atoms with Crippen LogP contribution in [0.4, 0.5) is 0 Å². The number of aromatic nitrogens is 1. The minimum Gasteiger partial charge on any atom is -0.256 e. The van der Waals surface area contributed by atoms with Crippen LogP contribution in [0, 0.1) is 5.92 Å². The molecule has 1 aromatic heterocycles. The lowest BCUT2D eigenvalue weighted by Gasteiger charge is -2.39. The molecule has 6 heteroatoms. The minimum absolute atomic E-state index is 0.101. The Kier molecular flexibility index (Phi) is 5.47. The molecule has 1 aromatic carbocycles. The van der Waals surface area contributed by atoms with E-state index in [9.17, 15) is 0 Å². The Balaban J connectivity index is 2.70. The highest BCUT2D eigenvalue weighted by molar-refractivity contribution is 6.45. The van der Waals surface area contributed by atoms with E-state index in [2.05, 4.69) is 103 Å². The van der Waals surface area contributed by atoms with Crippen molar-refractivity contribution in [3.8, 4) is 11.3 Å². The largest absolute Gasteiger partial charge is 0.256 e. The second-order valence-electron chi connectivity index (χ2n) is 8.73. The SMILES string of the molecule is BC(C)C(B)(B)c1cnc(-c2ccccc2)cc1C(B)(B)C(C)C. The van der Waals surface area contributed by atoms with E-state index in [1.165, 1.54) is 16.7 Å². The first kappa shape index (κ1) is 19.0. The van der Waals surface area contributed by atoms with Gasteiger partial charge in [0, 0.05) is 11.8 Å². The molecule has 0 radical (unpaired) electrons. The molecule has 120 valence electrons. The van der Waals surface area contributed by atoms with Crippen LogP contribution >= 0.6 is 0 Å². The van der Waals surface area contributed by atoms with E-state index in [1.807, 2.05) is 0 Å². The van der Waals surface area contributed by atoms with Gasteiger partial charge in [-0.3, -0.25) is 4.98 Å². The molecule has 0 aliphatic carbocycles. The van der Waals surface area contributed by atoms with Crippen molar-refractivity contribution < 1.29 is 0 Å². The zero-order chi connectivity index (χ0) is 18.1. The fourth-order valence-electron chi connectivity index (χ4n) is 2.89. The van der Waals surface area contributed by atoms with Crippen molar-refractivity contribution in [2.75, 3.05) is 0 Å². The van der Waals surface area contributed by atoms with Gasteiger partial charge in [-0.15, -0.1) is 0 Å². The predicted octanol–water partition coefficient (Wildman–Crippen LogP) is -0.316. The summed E-state index contributed by atoms with van der Waals surface area (Å²) in [7, 11) is 11.7. The van der Waals surface area contributed by atoms with Crippen molar-refractivity contribution >= 4 is 39.2 Å². The van der Waals surface area contributed by atoms with Crippen molar-refractivity contribution in [1.82, 2.24) is 4.98 Å². The van der Waals surface area contributed by atoms with E-state index in [-0.39, 0.29) is 10.4 Å². The van der Waals surface area contributed by atoms with Gasteiger partial charge < -0.3 is 0 Å². The van der Waals surface area contributed by atoms with Crippen LogP contribution in [0.2, 0.25) is 5.82 Å². The van der Waals surface area contributed by atoms with E-state index in [4.69, 9.17) is 4.98 Å². The quantitative estimate of drug-likeness (QED) is 0.690. The second-order valence-corrected chi connectivity index (χ2v) is 8.73. The van der Waals surface area contributed by atoms with Gasteiger partial charge in [-0.25, -0.2) is 0 Å². The minimum atomic E-state index is 0.101. The van der Waals surface area contributed by atoms with Crippen LogP contribution in [0.15, 0.2) is 42.6 Å². The molecule has 0 aliphatic rings. The lowest BCUT2D eigenvalue weighted by Crippen LogP contribution is -2.40. The van der Waals surface area contributed by atoms with E-state index in [0.717, 1.165) is 5.69 Å². The number of hydrogen-bond acceptors (Lipinski definition) is 1. The fourth-order valence-corrected chi connectivity index (χ4v) is 2.89. The highest BCUT2D eigenvalue weighted by atomic mass is 14.7. The van der Waals surface area contributed by atoms with Gasteiger partial charge in [-0.1, -0.05) is 78.8 Å². The topological polar surface area (TPSA) is 12.9 Å². The Bertz CT molecular complexity index is 696. The molecular weight excluding hydrogens is 284 g/mol. The number of pyridine rings is 1. The molecule has 0 saturated carbocycles. The van der Waals surface area contributed by atoms with Crippen molar-refractivity contribution in [3.63, 3.8) is 0 Å². The number of nitrogens with zero attached hydrogens (tertiary/aromatic N) is 1. The molecule has 0 amide bonds. The van der Waals surface area contributed by atoms with E-state index in [0.29, 0.717) is 11.7 Å². The molecule has 0 fully saturated rings. The summed E-state index contributed by atoms with van der Waals surface area (Å²) < 4.78 is 0. The number of rotatable bonds is 5. The van der Waals surface area contributed by atoms with Gasteiger partial charge in [0.25, 0.3) is 0 Å². The van der Waals surface area contributed by atoms with Gasteiger partial charge in [0.15, 0.2) is 0 Å². The van der Waals surface area contributed by atoms with Crippen LogP contribution in [0.3, 0.4) is 0 Å². The maximum absolute atomic E-state index is 4.83. The summed E-state index contributed by atoms with van der Waals surface area (Å²) >= 11 is 0. The number of benzene rings is 1. The van der Waals surface area contributed by atoms with Gasteiger partial charge in [0.1, 0.15) is 39.2 Å². The molecule has 1 heterocycles.